The number of H-pyrrole nitrogens is 1. The van der Waals surface area contributed by atoms with Gasteiger partial charge >= 0.3 is 0 Å². The van der Waals surface area contributed by atoms with Gasteiger partial charge in [-0.3, -0.25) is 0 Å². The first-order valence-electron chi connectivity index (χ1n) is 7.02. The van der Waals surface area contributed by atoms with Crippen LogP contribution in [0.4, 0.5) is 4.39 Å². The molecule has 0 radical (unpaired) electrons. The number of para-hydroxylation sites is 1. The molecule has 1 aromatic heterocycles. The average molecular weight is 278 g/mol. The van der Waals surface area contributed by atoms with Crippen molar-refractivity contribution in [3.63, 3.8) is 0 Å². The fourth-order valence-corrected chi connectivity index (χ4v) is 3.65. The number of aromatic amines is 1. The van der Waals surface area contributed by atoms with Gasteiger partial charge in [-0.15, -0.1) is 0 Å². The number of nitrogens with zero attached hydrogens (tertiary/aromatic N) is 1. The minimum Gasteiger partial charge on any atom is -0.328 e. The van der Waals surface area contributed by atoms with Gasteiger partial charge in [0.15, 0.2) is 4.77 Å². The van der Waals surface area contributed by atoms with Gasteiger partial charge in [0.05, 0.1) is 5.52 Å². The van der Waals surface area contributed by atoms with E-state index in [1.165, 1.54) is 31.7 Å². The van der Waals surface area contributed by atoms with E-state index in [9.17, 15) is 4.39 Å². The van der Waals surface area contributed by atoms with Crippen LogP contribution in [0, 0.1) is 16.0 Å². The molecule has 1 aliphatic carbocycles. The van der Waals surface area contributed by atoms with Gasteiger partial charge in [-0.05, 0) is 49.0 Å². The summed E-state index contributed by atoms with van der Waals surface area (Å²) < 4.78 is 16.5. The van der Waals surface area contributed by atoms with E-state index in [1.54, 1.807) is 6.07 Å². The molecule has 0 atom stereocenters. The topological polar surface area (TPSA) is 20.7 Å². The van der Waals surface area contributed by atoms with Crippen LogP contribution >= 0.6 is 12.2 Å². The number of hydrogen-bond acceptors (Lipinski definition) is 1. The summed E-state index contributed by atoms with van der Waals surface area (Å²) in [7, 11) is 0. The number of benzene rings is 1. The third kappa shape index (κ3) is 2.12. The van der Waals surface area contributed by atoms with E-state index in [1.807, 2.05) is 6.07 Å². The minimum atomic E-state index is -0.223. The van der Waals surface area contributed by atoms with Crippen LogP contribution in [0.5, 0.6) is 0 Å². The van der Waals surface area contributed by atoms with E-state index in [4.69, 9.17) is 12.2 Å². The van der Waals surface area contributed by atoms with Gasteiger partial charge in [-0.25, -0.2) is 4.39 Å². The molecule has 1 aromatic carbocycles. The zero-order chi connectivity index (χ0) is 13.5. The maximum absolute atomic E-state index is 13.8. The molecule has 1 aliphatic rings. The van der Waals surface area contributed by atoms with Crippen molar-refractivity contribution in [2.75, 3.05) is 0 Å². The summed E-state index contributed by atoms with van der Waals surface area (Å²) in [5, 5.41) is 0. The second-order valence-electron chi connectivity index (χ2n) is 5.71. The lowest BCUT2D eigenvalue weighted by Crippen LogP contribution is -2.22. The highest BCUT2D eigenvalue weighted by molar-refractivity contribution is 7.71. The number of nitrogens with one attached hydrogen (secondary N) is 1. The van der Waals surface area contributed by atoms with Crippen molar-refractivity contribution in [1.29, 1.82) is 0 Å². The van der Waals surface area contributed by atoms with Crippen LogP contribution in [0.1, 0.15) is 39.0 Å². The molecule has 3 rings (SSSR count). The summed E-state index contributed by atoms with van der Waals surface area (Å²) in [4.78, 5) is 3.01. The molecular formula is C15H19FN2S. The van der Waals surface area contributed by atoms with Gasteiger partial charge in [0.1, 0.15) is 11.3 Å². The number of imidazole rings is 1. The van der Waals surface area contributed by atoms with Crippen LogP contribution in [0.2, 0.25) is 0 Å². The predicted molar refractivity (Wildman–Crippen MR) is 78.3 cm³/mol. The first kappa shape index (κ1) is 12.9. The maximum Gasteiger partial charge on any atom is 0.178 e. The number of fused-ring (bicyclic) bond motifs is 1. The molecule has 1 heterocycles. The molecule has 0 spiro atoms. The van der Waals surface area contributed by atoms with Crippen LogP contribution in [-0.2, 0) is 6.54 Å². The summed E-state index contributed by atoms with van der Waals surface area (Å²) in [5.74, 6) is -0.223. The largest absolute Gasteiger partial charge is 0.328 e. The Morgan fingerprint density at radius 1 is 1.37 bits per heavy atom. The Balaban J connectivity index is 2.08. The fourth-order valence-electron chi connectivity index (χ4n) is 3.39. The van der Waals surface area contributed by atoms with Crippen molar-refractivity contribution in [2.45, 2.75) is 45.6 Å². The Kier molecular flexibility index (Phi) is 3.21. The van der Waals surface area contributed by atoms with Gasteiger partial charge < -0.3 is 9.55 Å². The van der Waals surface area contributed by atoms with Gasteiger partial charge in [0, 0.05) is 6.54 Å². The zero-order valence-electron chi connectivity index (χ0n) is 11.2. The highest BCUT2D eigenvalue weighted by Crippen LogP contribution is 2.42. The van der Waals surface area contributed by atoms with E-state index < -0.39 is 0 Å². The first-order chi connectivity index (χ1) is 9.15. The highest BCUT2D eigenvalue weighted by Gasteiger charge is 2.33. The molecule has 0 saturated heterocycles. The maximum atomic E-state index is 13.8. The molecular weight excluding hydrogens is 259 g/mol. The molecule has 102 valence electrons. The molecule has 1 fully saturated rings. The normalized spacial score (nSPS) is 18.2. The van der Waals surface area contributed by atoms with E-state index >= 15 is 0 Å². The Morgan fingerprint density at radius 3 is 2.79 bits per heavy atom. The van der Waals surface area contributed by atoms with Gasteiger partial charge in [-0.2, -0.15) is 0 Å². The van der Waals surface area contributed by atoms with Crippen LogP contribution in [-0.4, -0.2) is 9.55 Å². The van der Waals surface area contributed by atoms with Crippen molar-refractivity contribution in [1.82, 2.24) is 9.55 Å². The first-order valence-corrected chi connectivity index (χ1v) is 7.43. The van der Waals surface area contributed by atoms with Crippen LogP contribution in [0.25, 0.3) is 11.0 Å². The summed E-state index contributed by atoms with van der Waals surface area (Å²) in [6.07, 6.45) is 6.28. The Morgan fingerprint density at radius 2 is 2.11 bits per heavy atom. The number of rotatable bonds is 3. The van der Waals surface area contributed by atoms with Crippen molar-refractivity contribution in [2.24, 2.45) is 5.41 Å². The van der Waals surface area contributed by atoms with Crippen LogP contribution in [0.15, 0.2) is 18.2 Å². The molecule has 1 N–H and O–H groups in total. The third-order valence-corrected chi connectivity index (χ3v) is 4.99. The van der Waals surface area contributed by atoms with Crippen LogP contribution in [0.3, 0.4) is 0 Å². The summed E-state index contributed by atoms with van der Waals surface area (Å²) >= 11 is 5.39. The fraction of sp³-hybridized carbons (Fsp3) is 0.533. The number of hydrogen-bond donors (Lipinski definition) is 1. The SMILES string of the molecule is CCC1(Cn2c(=S)[nH]c3c(F)cccc32)CCCC1. The molecule has 0 bridgehead atoms. The molecule has 2 aromatic rings. The van der Waals surface area contributed by atoms with Gasteiger partial charge in [0.2, 0.25) is 0 Å². The smallest absolute Gasteiger partial charge is 0.178 e. The van der Waals surface area contributed by atoms with Crippen LogP contribution < -0.4 is 0 Å². The average Bonchev–Trinajstić information content (AvgIpc) is 2.99. The lowest BCUT2D eigenvalue weighted by Gasteiger charge is -2.28. The lowest BCUT2D eigenvalue weighted by molar-refractivity contribution is 0.239. The lowest BCUT2D eigenvalue weighted by atomic mass is 9.83. The quantitative estimate of drug-likeness (QED) is 0.799. The van der Waals surface area contributed by atoms with Gasteiger partial charge in [0.25, 0.3) is 0 Å². The molecule has 19 heavy (non-hydrogen) atoms. The number of halogens is 1. The molecule has 4 heteroatoms. The molecule has 0 amide bonds. The summed E-state index contributed by atoms with van der Waals surface area (Å²) in [6.45, 7) is 3.16. The highest BCUT2D eigenvalue weighted by atomic mass is 32.1. The van der Waals surface area contributed by atoms with E-state index in [0.717, 1.165) is 18.5 Å². The van der Waals surface area contributed by atoms with Crippen molar-refractivity contribution < 1.29 is 4.39 Å². The van der Waals surface area contributed by atoms with E-state index in [0.29, 0.717) is 15.7 Å². The Labute approximate surface area is 117 Å². The predicted octanol–water partition coefficient (Wildman–Crippen LogP) is 4.81. The summed E-state index contributed by atoms with van der Waals surface area (Å²) in [6, 6.07) is 5.18. The summed E-state index contributed by atoms with van der Waals surface area (Å²) in [5.41, 5.74) is 1.78. The second-order valence-corrected chi connectivity index (χ2v) is 6.10. The Hall–Kier alpha value is -1.16. The van der Waals surface area contributed by atoms with Crippen molar-refractivity contribution in [3.05, 3.63) is 28.8 Å². The molecule has 0 unspecified atom stereocenters. The minimum absolute atomic E-state index is 0.223. The third-order valence-electron chi connectivity index (χ3n) is 4.67. The van der Waals surface area contributed by atoms with Crippen molar-refractivity contribution >= 4 is 23.3 Å². The monoisotopic (exact) mass is 278 g/mol. The second kappa shape index (κ2) is 4.75. The molecule has 2 nitrogen and oxygen atoms in total. The standard InChI is InChI=1S/C15H19FN2S/c1-2-15(8-3-4-9-15)10-18-12-7-5-6-11(16)13(12)17-14(18)19/h5-7H,2-4,8-10H2,1H3,(H,17,19). The van der Waals surface area contributed by atoms with E-state index in [2.05, 4.69) is 16.5 Å². The van der Waals surface area contributed by atoms with Crippen molar-refractivity contribution in [3.8, 4) is 0 Å². The Bertz CT molecular complexity index is 650. The molecule has 0 aliphatic heterocycles. The molecule has 1 saturated carbocycles. The zero-order valence-corrected chi connectivity index (χ0v) is 12.0. The number of aromatic nitrogens is 2. The van der Waals surface area contributed by atoms with Gasteiger partial charge in [-0.1, -0.05) is 25.8 Å². The van der Waals surface area contributed by atoms with E-state index in [-0.39, 0.29) is 5.82 Å².